The summed E-state index contributed by atoms with van der Waals surface area (Å²) in [6.45, 7) is 3.84. The Morgan fingerprint density at radius 1 is 0.833 bits per heavy atom. The Kier molecular flexibility index (Phi) is 3.78. The molecule has 1 amide bonds. The number of carbonyl (C=O) groups is 1. The number of benzene rings is 2. The van der Waals surface area contributed by atoms with E-state index in [-0.39, 0.29) is 11.8 Å². The summed E-state index contributed by atoms with van der Waals surface area (Å²) in [7, 11) is 0. The molecule has 18 heavy (non-hydrogen) atoms. The van der Waals surface area contributed by atoms with Gasteiger partial charge >= 0.3 is 0 Å². The van der Waals surface area contributed by atoms with Crippen LogP contribution in [-0.2, 0) is 4.79 Å². The highest BCUT2D eigenvalue weighted by molar-refractivity contribution is 6.01. The van der Waals surface area contributed by atoms with Crippen LogP contribution in [0, 0.1) is 5.92 Å². The SMILES string of the molecule is CC(C)C(=O)N(c1ccccc1)c1ccccc1. The molecule has 0 atom stereocenters. The molecule has 0 N–H and O–H groups in total. The molecule has 0 saturated carbocycles. The van der Waals surface area contributed by atoms with Gasteiger partial charge in [-0.15, -0.1) is 0 Å². The molecule has 0 unspecified atom stereocenters. The first-order chi connectivity index (χ1) is 8.70. The van der Waals surface area contributed by atoms with Gasteiger partial charge in [0.25, 0.3) is 0 Å². The summed E-state index contributed by atoms with van der Waals surface area (Å²) in [6, 6.07) is 19.5. The Balaban J connectivity index is 2.45. The number of rotatable bonds is 3. The van der Waals surface area contributed by atoms with Crippen LogP contribution in [0.1, 0.15) is 13.8 Å². The summed E-state index contributed by atoms with van der Waals surface area (Å²) in [4.78, 5) is 14.1. The molecule has 2 aromatic rings. The number of hydrogen-bond acceptors (Lipinski definition) is 1. The van der Waals surface area contributed by atoms with Gasteiger partial charge in [-0.05, 0) is 24.3 Å². The highest BCUT2D eigenvalue weighted by Gasteiger charge is 2.20. The first-order valence-corrected chi connectivity index (χ1v) is 6.14. The van der Waals surface area contributed by atoms with Gasteiger partial charge in [0.05, 0.1) is 0 Å². The second-order valence-corrected chi connectivity index (χ2v) is 4.50. The molecule has 0 aromatic heterocycles. The predicted molar refractivity (Wildman–Crippen MR) is 74.9 cm³/mol. The number of carbonyl (C=O) groups excluding carboxylic acids is 1. The zero-order valence-corrected chi connectivity index (χ0v) is 10.7. The molecule has 92 valence electrons. The molecule has 0 spiro atoms. The minimum atomic E-state index is -0.0367. The van der Waals surface area contributed by atoms with E-state index in [0.717, 1.165) is 11.4 Å². The van der Waals surface area contributed by atoms with E-state index in [2.05, 4.69) is 0 Å². The van der Waals surface area contributed by atoms with Crippen LogP contribution in [0.15, 0.2) is 60.7 Å². The maximum Gasteiger partial charge on any atom is 0.234 e. The van der Waals surface area contributed by atoms with Crippen molar-refractivity contribution in [1.82, 2.24) is 0 Å². The molecule has 2 aromatic carbocycles. The highest BCUT2D eigenvalue weighted by Crippen LogP contribution is 2.26. The van der Waals surface area contributed by atoms with Gasteiger partial charge in [0.15, 0.2) is 0 Å². The van der Waals surface area contributed by atoms with Crippen LogP contribution in [0.3, 0.4) is 0 Å². The second-order valence-electron chi connectivity index (χ2n) is 4.50. The number of anilines is 2. The van der Waals surface area contributed by atoms with Crippen molar-refractivity contribution in [3.05, 3.63) is 60.7 Å². The van der Waals surface area contributed by atoms with Crippen molar-refractivity contribution >= 4 is 17.3 Å². The van der Waals surface area contributed by atoms with Gasteiger partial charge in [-0.25, -0.2) is 0 Å². The van der Waals surface area contributed by atoms with E-state index < -0.39 is 0 Å². The molecule has 2 nitrogen and oxygen atoms in total. The van der Waals surface area contributed by atoms with E-state index in [1.807, 2.05) is 74.5 Å². The number of para-hydroxylation sites is 2. The lowest BCUT2D eigenvalue weighted by molar-refractivity contribution is -0.120. The quantitative estimate of drug-likeness (QED) is 0.792. The molecule has 0 aliphatic heterocycles. The number of nitrogens with zero attached hydrogens (tertiary/aromatic N) is 1. The Morgan fingerprint density at radius 3 is 1.56 bits per heavy atom. The van der Waals surface area contributed by atoms with Crippen LogP contribution < -0.4 is 4.90 Å². The Labute approximate surface area is 108 Å². The van der Waals surface area contributed by atoms with Crippen LogP contribution in [0.5, 0.6) is 0 Å². The molecule has 0 aliphatic carbocycles. The third kappa shape index (κ3) is 2.59. The summed E-state index contributed by atoms with van der Waals surface area (Å²) in [5.74, 6) is 0.0674. The van der Waals surface area contributed by atoms with Crippen LogP contribution >= 0.6 is 0 Å². The fraction of sp³-hybridized carbons (Fsp3) is 0.188. The Bertz CT molecular complexity index is 466. The van der Waals surface area contributed by atoms with Crippen molar-refractivity contribution in [2.75, 3.05) is 4.90 Å². The van der Waals surface area contributed by atoms with E-state index in [1.54, 1.807) is 4.90 Å². The summed E-state index contributed by atoms with van der Waals surface area (Å²) >= 11 is 0. The van der Waals surface area contributed by atoms with Gasteiger partial charge in [-0.1, -0.05) is 50.2 Å². The van der Waals surface area contributed by atoms with Gasteiger partial charge in [0.1, 0.15) is 0 Å². The lowest BCUT2D eigenvalue weighted by Gasteiger charge is -2.24. The lowest BCUT2D eigenvalue weighted by atomic mass is 10.1. The smallest absolute Gasteiger partial charge is 0.234 e. The second kappa shape index (κ2) is 5.50. The summed E-state index contributed by atoms with van der Waals surface area (Å²) in [5, 5.41) is 0. The Hall–Kier alpha value is -2.09. The van der Waals surface area contributed by atoms with E-state index in [9.17, 15) is 4.79 Å². The van der Waals surface area contributed by atoms with Gasteiger partial charge < -0.3 is 0 Å². The van der Waals surface area contributed by atoms with Gasteiger partial charge in [0.2, 0.25) is 5.91 Å². The number of amides is 1. The van der Waals surface area contributed by atoms with Crippen molar-refractivity contribution in [1.29, 1.82) is 0 Å². The van der Waals surface area contributed by atoms with Crippen LogP contribution in [0.25, 0.3) is 0 Å². The van der Waals surface area contributed by atoms with Crippen molar-refractivity contribution in [2.45, 2.75) is 13.8 Å². The monoisotopic (exact) mass is 239 g/mol. The third-order valence-corrected chi connectivity index (χ3v) is 2.74. The van der Waals surface area contributed by atoms with Crippen molar-refractivity contribution in [3.8, 4) is 0 Å². The lowest BCUT2D eigenvalue weighted by Crippen LogP contribution is -2.29. The molecule has 0 fully saturated rings. The van der Waals surface area contributed by atoms with Crippen LogP contribution in [0.2, 0.25) is 0 Å². The maximum atomic E-state index is 12.4. The zero-order valence-electron chi connectivity index (χ0n) is 10.7. The van der Waals surface area contributed by atoms with Crippen molar-refractivity contribution in [2.24, 2.45) is 5.92 Å². The molecular weight excluding hydrogens is 222 g/mol. The minimum Gasteiger partial charge on any atom is -0.281 e. The standard InChI is InChI=1S/C16H17NO/c1-13(2)16(18)17(14-9-5-3-6-10-14)15-11-7-4-8-12-15/h3-13H,1-2H3. The molecule has 2 rings (SSSR count). The van der Waals surface area contributed by atoms with Gasteiger partial charge in [0, 0.05) is 17.3 Å². The van der Waals surface area contributed by atoms with E-state index in [1.165, 1.54) is 0 Å². The van der Waals surface area contributed by atoms with Crippen LogP contribution in [-0.4, -0.2) is 5.91 Å². The predicted octanol–water partition coefficient (Wildman–Crippen LogP) is 4.01. The zero-order chi connectivity index (χ0) is 13.0. The van der Waals surface area contributed by atoms with Crippen molar-refractivity contribution < 1.29 is 4.79 Å². The summed E-state index contributed by atoms with van der Waals surface area (Å²) in [6.07, 6.45) is 0. The van der Waals surface area contributed by atoms with Crippen LogP contribution in [0.4, 0.5) is 11.4 Å². The van der Waals surface area contributed by atoms with Crippen molar-refractivity contribution in [3.63, 3.8) is 0 Å². The van der Waals surface area contributed by atoms with E-state index >= 15 is 0 Å². The fourth-order valence-electron chi connectivity index (χ4n) is 1.82. The Morgan fingerprint density at radius 2 is 1.22 bits per heavy atom. The van der Waals surface area contributed by atoms with E-state index in [0.29, 0.717) is 0 Å². The molecular formula is C16H17NO. The summed E-state index contributed by atoms with van der Waals surface area (Å²) in [5.41, 5.74) is 1.81. The highest BCUT2D eigenvalue weighted by atomic mass is 16.2. The molecule has 0 radical (unpaired) electrons. The average Bonchev–Trinajstić information content (AvgIpc) is 2.41. The number of hydrogen-bond donors (Lipinski definition) is 0. The normalized spacial score (nSPS) is 10.4. The molecule has 0 heterocycles. The molecule has 0 saturated heterocycles. The summed E-state index contributed by atoms with van der Waals surface area (Å²) < 4.78 is 0. The van der Waals surface area contributed by atoms with Gasteiger partial charge in [-0.2, -0.15) is 0 Å². The largest absolute Gasteiger partial charge is 0.281 e. The first kappa shape index (κ1) is 12.4. The molecule has 0 aliphatic rings. The third-order valence-electron chi connectivity index (χ3n) is 2.74. The fourth-order valence-corrected chi connectivity index (χ4v) is 1.82. The van der Waals surface area contributed by atoms with Gasteiger partial charge in [-0.3, -0.25) is 9.69 Å². The first-order valence-electron chi connectivity index (χ1n) is 6.14. The van der Waals surface area contributed by atoms with E-state index in [4.69, 9.17) is 0 Å². The molecule has 2 heteroatoms. The maximum absolute atomic E-state index is 12.4. The topological polar surface area (TPSA) is 20.3 Å². The molecule has 0 bridgehead atoms. The average molecular weight is 239 g/mol. The minimum absolute atomic E-state index is 0.0367.